The van der Waals surface area contributed by atoms with Gasteiger partial charge >= 0.3 is 0 Å². The Morgan fingerprint density at radius 3 is 3.00 bits per heavy atom. The SMILES string of the molecule is Cc1ccc2nccc(N3CCCC(O)(CN(C)C(=O)CCCN)C3)c2n1. The molecule has 3 heterocycles. The first-order chi connectivity index (χ1) is 12.9. The summed E-state index contributed by atoms with van der Waals surface area (Å²) in [5.74, 6) is 0.0256. The molecule has 7 heteroatoms. The fourth-order valence-electron chi connectivity index (χ4n) is 3.79. The van der Waals surface area contributed by atoms with Gasteiger partial charge in [0.05, 0.1) is 23.3 Å². The van der Waals surface area contributed by atoms with Crippen LogP contribution in [0.2, 0.25) is 0 Å². The van der Waals surface area contributed by atoms with Gasteiger partial charge < -0.3 is 20.6 Å². The molecule has 3 N–H and O–H groups in total. The molecule has 0 aliphatic carbocycles. The molecule has 1 aliphatic rings. The molecule has 1 amide bonds. The van der Waals surface area contributed by atoms with Crippen molar-refractivity contribution < 1.29 is 9.90 Å². The molecule has 0 aromatic carbocycles. The van der Waals surface area contributed by atoms with Crippen molar-refractivity contribution in [1.82, 2.24) is 14.9 Å². The number of nitrogens with two attached hydrogens (primary N) is 1. The summed E-state index contributed by atoms with van der Waals surface area (Å²) in [6.45, 7) is 4.10. The van der Waals surface area contributed by atoms with E-state index < -0.39 is 5.60 Å². The summed E-state index contributed by atoms with van der Waals surface area (Å²) in [6.07, 6.45) is 4.40. The minimum atomic E-state index is -0.940. The Morgan fingerprint density at radius 1 is 1.41 bits per heavy atom. The molecule has 146 valence electrons. The fourth-order valence-corrected chi connectivity index (χ4v) is 3.79. The van der Waals surface area contributed by atoms with Crippen LogP contribution in [0.3, 0.4) is 0 Å². The lowest BCUT2D eigenvalue weighted by atomic mass is 9.91. The Kier molecular flexibility index (Phi) is 5.92. The first kappa shape index (κ1) is 19.5. The van der Waals surface area contributed by atoms with Gasteiger partial charge in [0, 0.05) is 38.4 Å². The Labute approximate surface area is 160 Å². The van der Waals surface area contributed by atoms with Gasteiger partial charge in [-0.25, -0.2) is 4.98 Å². The Bertz CT molecular complexity index is 812. The van der Waals surface area contributed by atoms with E-state index in [2.05, 4.69) is 14.9 Å². The van der Waals surface area contributed by atoms with Crippen molar-refractivity contribution in [3.05, 3.63) is 30.1 Å². The third-order valence-electron chi connectivity index (χ3n) is 5.15. The molecule has 0 radical (unpaired) electrons. The van der Waals surface area contributed by atoms with Crippen LogP contribution in [0.1, 0.15) is 31.4 Å². The van der Waals surface area contributed by atoms with E-state index in [9.17, 15) is 9.90 Å². The molecule has 27 heavy (non-hydrogen) atoms. The van der Waals surface area contributed by atoms with E-state index in [0.29, 0.717) is 38.9 Å². The predicted molar refractivity (Wildman–Crippen MR) is 107 cm³/mol. The Balaban J connectivity index is 1.78. The number of piperidine rings is 1. The van der Waals surface area contributed by atoms with Crippen LogP contribution in [-0.4, -0.2) is 64.7 Å². The van der Waals surface area contributed by atoms with Crippen LogP contribution in [0.5, 0.6) is 0 Å². The fraction of sp³-hybridized carbons (Fsp3) is 0.550. The second-order valence-electron chi connectivity index (χ2n) is 7.54. The quantitative estimate of drug-likeness (QED) is 0.798. The van der Waals surface area contributed by atoms with Crippen LogP contribution in [0, 0.1) is 6.92 Å². The van der Waals surface area contributed by atoms with Gasteiger partial charge in [0.15, 0.2) is 0 Å². The zero-order chi connectivity index (χ0) is 19.4. The number of β-amino-alcohol motifs (C(OH)–C–C–N with tert-alkyl or cyclic N) is 1. The van der Waals surface area contributed by atoms with Crippen LogP contribution < -0.4 is 10.6 Å². The summed E-state index contributed by atoms with van der Waals surface area (Å²) in [7, 11) is 1.75. The number of hydrogen-bond acceptors (Lipinski definition) is 6. The van der Waals surface area contributed by atoms with Gasteiger partial charge in [0.2, 0.25) is 5.91 Å². The standard InChI is InChI=1S/C20H29N5O2/c1-15-6-7-16-19(23-15)17(8-11-22-16)25-12-4-9-20(27,14-25)13-24(2)18(26)5-3-10-21/h6-8,11,27H,3-5,9-10,12-14,21H2,1-2H3. The maximum Gasteiger partial charge on any atom is 0.222 e. The number of likely N-dealkylation sites (N-methyl/N-ethyl adjacent to an activating group) is 1. The van der Waals surface area contributed by atoms with Crippen LogP contribution in [-0.2, 0) is 4.79 Å². The molecule has 1 aliphatic heterocycles. The summed E-state index contributed by atoms with van der Waals surface area (Å²) in [6, 6.07) is 5.88. The van der Waals surface area contributed by atoms with Crippen molar-refractivity contribution in [2.75, 3.05) is 38.1 Å². The number of pyridine rings is 2. The average Bonchev–Trinajstić information content (AvgIpc) is 2.65. The Morgan fingerprint density at radius 2 is 2.22 bits per heavy atom. The summed E-state index contributed by atoms with van der Waals surface area (Å²) >= 11 is 0. The molecule has 1 unspecified atom stereocenters. The number of nitrogens with zero attached hydrogens (tertiary/aromatic N) is 4. The smallest absolute Gasteiger partial charge is 0.222 e. The van der Waals surface area contributed by atoms with Crippen molar-refractivity contribution >= 4 is 22.6 Å². The molecule has 2 aromatic rings. The summed E-state index contributed by atoms with van der Waals surface area (Å²) < 4.78 is 0. The van der Waals surface area contributed by atoms with Gasteiger partial charge in [-0.15, -0.1) is 0 Å². The number of carbonyl (C=O) groups is 1. The van der Waals surface area contributed by atoms with Crippen LogP contribution >= 0.6 is 0 Å². The summed E-state index contributed by atoms with van der Waals surface area (Å²) in [5.41, 5.74) is 8.18. The number of aromatic nitrogens is 2. The molecule has 2 aromatic heterocycles. The first-order valence-electron chi connectivity index (χ1n) is 9.56. The number of anilines is 1. The number of hydrogen-bond donors (Lipinski definition) is 2. The second-order valence-corrected chi connectivity index (χ2v) is 7.54. The molecular weight excluding hydrogens is 342 g/mol. The summed E-state index contributed by atoms with van der Waals surface area (Å²) in [5, 5.41) is 11.2. The van der Waals surface area contributed by atoms with Crippen molar-refractivity contribution in [1.29, 1.82) is 0 Å². The molecule has 3 rings (SSSR count). The highest BCUT2D eigenvalue weighted by Gasteiger charge is 2.36. The molecule has 1 fully saturated rings. The highest BCUT2D eigenvalue weighted by molar-refractivity contribution is 5.88. The van der Waals surface area contributed by atoms with Crippen molar-refractivity contribution in [3.63, 3.8) is 0 Å². The number of aliphatic hydroxyl groups is 1. The van der Waals surface area contributed by atoms with E-state index in [0.717, 1.165) is 35.4 Å². The zero-order valence-corrected chi connectivity index (χ0v) is 16.2. The minimum Gasteiger partial charge on any atom is -0.386 e. The molecule has 0 saturated carbocycles. The van der Waals surface area contributed by atoms with Crippen molar-refractivity contribution in [2.45, 2.75) is 38.2 Å². The Hall–Kier alpha value is -2.25. The van der Waals surface area contributed by atoms with E-state index in [1.807, 2.05) is 25.1 Å². The van der Waals surface area contributed by atoms with Crippen LogP contribution in [0.15, 0.2) is 24.4 Å². The lowest BCUT2D eigenvalue weighted by molar-refractivity contribution is -0.133. The van der Waals surface area contributed by atoms with E-state index >= 15 is 0 Å². The van der Waals surface area contributed by atoms with Gasteiger partial charge in [0.25, 0.3) is 0 Å². The minimum absolute atomic E-state index is 0.0256. The second kappa shape index (κ2) is 8.19. The number of rotatable bonds is 6. The number of amides is 1. The van der Waals surface area contributed by atoms with E-state index in [1.165, 1.54) is 0 Å². The third-order valence-corrected chi connectivity index (χ3v) is 5.15. The van der Waals surface area contributed by atoms with E-state index in [1.54, 1.807) is 18.1 Å². The number of fused-ring (bicyclic) bond motifs is 1. The monoisotopic (exact) mass is 371 g/mol. The molecule has 1 atom stereocenters. The molecular formula is C20H29N5O2. The van der Waals surface area contributed by atoms with Gasteiger partial charge in [0.1, 0.15) is 5.52 Å². The van der Waals surface area contributed by atoms with Crippen LogP contribution in [0.25, 0.3) is 11.0 Å². The van der Waals surface area contributed by atoms with Crippen molar-refractivity contribution in [3.8, 4) is 0 Å². The maximum atomic E-state index is 12.2. The van der Waals surface area contributed by atoms with Gasteiger partial charge in [-0.05, 0) is 50.9 Å². The zero-order valence-electron chi connectivity index (χ0n) is 16.2. The average molecular weight is 371 g/mol. The van der Waals surface area contributed by atoms with E-state index in [-0.39, 0.29) is 5.91 Å². The van der Waals surface area contributed by atoms with E-state index in [4.69, 9.17) is 5.73 Å². The van der Waals surface area contributed by atoms with Crippen LogP contribution in [0.4, 0.5) is 5.69 Å². The predicted octanol–water partition coefficient (Wildman–Crippen LogP) is 1.47. The lowest BCUT2D eigenvalue weighted by Gasteiger charge is -2.42. The number of aryl methyl sites for hydroxylation is 1. The normalized spacial score (nSPS) is 20.1. The molecule has 0 spiro atoms. The number of carbonyl (C=O) groups excluding carboxylic acids is 1. The van der Waals surface area contributed by atoms with Gasteiger partial charge in [-0.1, -0.05) is 0 Å². The molecule has 7 nitrogen and oxygen atoms in total. The highest BCUT2D eigenvalue weighted by atomic mass is 16.3. The third kappa shape index (κ3) is 4.54. The molecule has 0 bridgehead atoms. The largest absolute Gasteiger partial charge is 0.386 e. The van der Waals surface area contributed by atoms with Gasteiger partial charge in [-0.3, -0.25) is 9.78 Å². The molecule has 1 saturated heterocycles. The topological polar surface area (TPSA) is 95.6 Å². The lowest BCUT2D eigenvalue weighted by Crippen LogP contribution is -2.54. The van der Waals surface area contributed by atoms with Gasteiger partial charge in [-0.2, -0.15) is 0 Å². The summed E-state index contributed by atoms with van der Waals surface area (Å²) in [4.78, 5) is 25.1. The first-order valence-corrected chi connectivity index (χ1v) is 9.56. The highest BCUT2D eigenvalue weighted by Crippen LogP contribution is 2.30. The van der Waals surface area contributed by atoms with Crippen molar-refractivity contribution in [2.24, 2.45) is 5.73 Å². The maximum absolute atomic E-state index is 12.2.